The number of aromatic nitrogens is 2. The second-order valence-corrected chi connectivity index (χ2v) is 6.24. The number of hydrazine groups is 1. The van der Waals surface area contributed by atoms with Crippen LogP contribution in [-0.4, -0.2) is 9.78 Å². The molecule has 2 aromatic rings. The first kappa shape index (κ1) is 16.5. The van der Waals surface area contributed by atoms with Gasteiger partial charge in [0, 0.05) is 13.5 Å². The second-order valence-electron chi connectivity index (χ2n) is 4.66. The molecule has 0 aliphatic carbocycles. The van der Waals surface area contributed by atoms with Crippen molar-refractivity contribution >= 4 is 31.9 Å². The fourth-order valence-corrected chi connectivity index (χ4v) is 3.26. The van der Waals surface area contributed by atoms with Gasteiger partial charge >= 0.3 is 0 Å². The molecule has 1 atom stereocenters. The summed E-state index contributed by atoms with van der Waals surface area (Å²) >= 11 is 6.56. The minimum atomic E-state index is -0.923. The normalized spacial score (nSPS) is 12.7. The summed E-state index contributed by atoms with van der Waals surface area (Å²) in [5.74, 6) is 3.76. The lowest BCUT2D eigenvalue weighted by Gasteiger charge is -2.18. The molecule has 1 heterocycles. The topological polar surface area (TPSA) is 55.9 Å². The Kier molecular flexibility index (Phi) is 5.13. The van der Waals surface area contributed by atoms with E-state index in [0.717, 1.165) is 21.9 Å². The molecule has 0 spiro atoms. The van der Waals surface area contributed by atoms with Crippen LogP contribution in [0.2, 0.25) is 0 Å². The van der Waals surface area contributed by atoms with Gasteiger partial charge in [-0.1, -0.05) is 6.07 Å². The summed E-state index contributed by atoms with van der Waals surface area (Å²) < 4.78 is 29.6. The zero-order chi connectivity index (χ0) is 15.7. The fraction of sp³-hybridized carbons (Fsp3) is 0.308. The third-order valence-electron chi connectivity index (χ3n) is 3.30. The summed E-state index contributed by atoms with van der Waals surface area (Å²) in [5, 5.41) is 4.30. The van der Waals surface area contributed by atoms with Crippen LogP contribution < -0.4 is 11.3 Å². The van der Waals surface area contributed by atoms with E-state index in [0.29, 0.717) is 12.0 Å². The Balaban J connectivity index is 2.39. The van der Waals surface area contributed by atoms with E-state index in [2.05, 4.69) is 42.4 Å². The van der Waals surface area contributed by atoms with Crippen molar-refractivity contribution < 1.29 is 8.78 Å². The monoisotopic (exact) mass is 422 g/mol. The largest absolute Gasteiger partial charge is 0.271 e. The number of nitrogens with one attached hydrogen (secondary N) is 1. The molecule has 0 amide bonds. The van der Waals surface area contributed by atoms with Crippen molar-refractivity contribution in [3.05, 3.63) is 49.7 Å². The second kappa shape index (κ2) is 6.51. The Labute approximate surface area is 137 Å². The van der Waals surface area contributed by atoms with Crippen LogP contribution in [0.15, 0.2) is 21.1 Å². The van der Waals surface area contributed by atoms with Gasteiger partial charge in [-0.05, 0) is 50.4 Å². The van der Waals surface area contributed by atoms with E-state index < -0.39 is 11.6 Å². The first-order valence-electron chi connectivity index (χ1n) is 6.14. The Morgan fingerprint density at radius 3 is 2.52 bits per heavy atom. The van der Waals surface area contributed by atoms with Crippen LogP contribution in [0, 0.1) is 18.6 Å². The van der Waals surface area contributed by atoms with Crippen LogP contribution in [0.1, 0.15) is 23.0 Å². The summed E-state index contributed by atoms with van der Waals surface area (Å²) in [7, 11) is 1.82. The smallest absolute Gasteiger partial charge is 0.173 e. The summed E-state index contributed by atoms with van der Waals surface area (Å²) in [4.78, 5) is 0. The third kappa shape index (κ3) is 3.18. The lowest BCUT2D eigenvalue weighted by molar-refractivity contribution is 0.487. The highest BCUT2D eigenvalue weighted by molar-refractivity contribution is 9.10. The molecule has 114 valence electrons. The Hall–Kier alpha value is -0.830. The van der Waals surface area contributed by atoms with Crippen molar-refractivity contribution in [3.63, 3.8) is 0 Å². The Bertz CT molecular complexity index is 673. The minimum Gasteiger partial charge on any atom is -0.271 e. The minimum absolute atomic E-state index is 0.0699. The van der Waals surface area contributed by atoms with E-state index in [9.17, 15) is 8.78 Å². The number of halogens is 4. The standard InChI is InChI=1S/C13H14Br2F2N4/c1-6-11(14)10(21(2)20-6)5-9(19-18)7-3-4-8(16)13(17)12(7)15/h3-4,9,19H,5,18H2,1-2H3. The Morgan fingerprint density at radius 2 is 2.00 bits per heavy atom. The van der Waals surface area contributed by atoms with E-state index in [1.54, 1.807) is 4.68 Å². The third-order valence-corrected chi connectivity index (χ3v) is 5.14. The molecule has 1 aromatic heterocycles. The van der Waals surface area contributed by atoms with E-state index in [1.807, 2.05) is 14.0 Å². The predicted octanol–water partition coefficient (Wildman–Crippen LogP) is 3.28. The highest BCUT2D eigenvalue weighted by Crippen LogP contribution is 2.31. The van der Waals surface area contributed by atoms with Crippen LogP contribution in [0.25, 0.3) is 0 Å². The maximum absolute atomic E-state index is 13.7. The van der Waals surface area contributed by atoms with Crippen LogP contribution in [0.5, 0.6) is 0 Å². The number of aryl methyl sites for hydroxylation is 2. The lowest BCUT2D eigenvalue weighted by atomic mass is 10.0. The average Bonchev–Trinajstić information content (AvgIpc) is 2.69. The van der Waals surface area contributed by atoms with Gasteiger partial charge in [-0.15, -0.1) is 0 Å². The zero-order valence-corrected chi connectivity index (χ0v) is 14.6. The van der Waals surface area contributed by atoms with E-state index in [1.165, 1.54) is 6.07 Å². The van der Waals surface area contributed by atoms with Gasteiger partial charge in [-0.2, -0.15) is 5.10 Å². The molecule has 1 unspecified atom stereocenters. The fourth-order valence-electron chi connectivity index (χ4n) is 2.16. The molecule has 21 heavy (non-hydrogen) atoms. The van der Waals surface area contributed by atoms with Crippen molar-refractivity contribution in [2.24, 2.45) is 12.9 Å². The summed E-state index contributed by atoms with van der Waals surface area (Å²) in [5.41, 5.74) is 4.94. The van der Waals surface area contributed by atoms with Gasteiger partial charge in [-0.3, -0.25) is 16.0 Å². The van der Waals surface area contributed by atoms with Crippen LogP contribution >= 0.6 is 31.9 Å². The van der Waals surface area contributed by atoms with Gasteiger partial charge < -0.3 is 0 Å². The van der Waals surface area contributed by atoms with Gasteiger partial charge in [0.25, 0.3) is 0 Å². The molecule has 0 aliphatic rings. The number of rotatable bonds is 4. The first-order valence-corrected chi connectivity index (χ1v) is 7.72. The first-order chi connectivity index (χ1) is 9.86. The SMILES string of the molecule is Cc1nn(C)c(CC(NN)c2ccc(F)c(F)c2Br)c1Br. The van der Waals surface area contributed by atoms with Crippen molar-refractivity contribution in [3.8, 4) is 0 Å². The molecule has 0 saturated carbocycles. The summed E-state index contributed by atoms with van der Waals surface area (Å²) in [6.07, 6.45) is 0.470. The highest BCUT2D eigenvalue weighted by Gasteiger charge is 2.21. The molecule has 0 saturated heterocycles. The van der Waals surface area contributed by atoms with Crippen LogP contribution in [0.4, 0.5) is 8.78 Å². The molecule has 0 fully saturated rings. The molecule has 2 rings (SSSR count). The summed E-state index contributed by atoms with van der Waals surface area (Å²) in [6, 6.07) is 2.20. The quantitative estimate of drug-likeness (QED) is 0.450. The number of hydrogen-bond donors (Lipinski definition) is 2. The van der Waals surface area contributed by atoms with E-state index in [-0.39, 0.29) is 10.5 Å². The van der Waals surface area contributed by atoms with Crippen molar-refractivity contribution in [2.75, 3.05) is 0 Å². The molecule has 8 heteroatoms. The van der Waals surface area contributed by atoms with E-state index in [4.69, 9.17) is 5.84 Å². The van der Waals surface area contributed by atoms with Crippen LogP contribution in [0.3, 0.4) is 0 Å². The molecule has 4 nitrogen and oxygen atoms in total. The molecule has 1 aromatic carbocycles. The van der Waals surface area contributed by atoms with Gasteiger partial charge in [0.2, 0.25) is 0 Å². The molecule has 0 bridgehead atoms. The molecule has 3 N–H and O–H groups in total. The van der Waals surface area contributed by atoms with Crippen LogP contribution in [-0.2, 0) is 13.5 Å². The number of nitrogens with two attached hydrogens (primary N) is 1. The molecule has 0 aliphatic heterocycles. The lowest BCUT2D eigenvalue weighted by Crippen LogP contribution is -2.30. The predicted molar refractivity (Wildman–Crippen MR) is 83.5 cm³/mol. The number of benzene rings is 1. The van der Waals surface area contributed by atoms with Crippen molar-refractivity contribution in [1.29, 1.82) is 0 Å². The number of hydrogen-bond acceptors (Lipinski definition) is 3. The maximum Gasteiger partial charge on any atom is 0.173 e. The highest BCUT2D eigenvalue weighted by atomic mass is 79.9. The average molecular weight is 424 g/mol. The van der Waals surface area contributed by atoms with Gasteiger partial charge in [0.05, 0.1) is 26.4 Å². The Morgan fingerprint density at radius 1 is 1.33 bits per heavy atom. The molecular weight excluding hydrogens is 410 g/mol. The van der Waals surface area contributed by atoms with E-state index >= 15 is 0 Å². The molecular formula is C13H14Br2F2N4. The van der Waals surface area contributed by atoms with Crippen molar-refractivity contribution in [2.45, 2.75) is 19.4 Å². The molecule has 0 radical (unpaired) electrons. The van der Waals surface area contributed by atoms with Crippen molar-refractivity contribution in [1.82, 2.24) is 15.2 Å². The van der Waals surface area contributed by atoms with Gasteiger partial charge in [-0.25, -0.2) is 8.78 Å². The van der Waals surface area contributed by atoms with Gasteiger partial charge in [0.1, 0.15) is 0 Å². The zero-order valence-electron chi connectivity index (χ0n) is 11.4. The summed E-state index contributed by atoms with van der Waals surface area (Å²) in [6.45, 7) is 1.88. The number of nitrogens with zero attached hydrogens (tertiary/aromatic N) is 2. The van der Waals surface area contributed by atoms with Gasteiger partial charge in [0.15, 0.2) is 11.6 Å². The maximum atomic E-state index is 13.7.